The van der Waals surface area contributed by atoms with Crippen molar-refractivity contribution in [1.29, 1.82) is 0 Å². The molecular weight excluding hydrogens is 272 g/mol. The quantitative estimate of drug-likeness (QED) is 0.402. The van der Waals surface area contributed by atoms with Crippen molar-refractivity contribution in [2.75, 3.05) is 0 Å². The number of unbranched alkanes of at least 4 members (excludes halogenated alkanes) is 7. The van der Waals surface area contributed by atoms with Gasteiger partial charge < -0.3 is 15.3 Å². The molecule has 0 aromatic carbocycles. The van der Waals surface area contributed by atoms with Crippen molar-refractivity contribution in [1.82, 2.24) is 0 Å². The molecule has 0 aromatic heterocycles. The fourth-order valence-corrected chi connectivity index (χ4v) is 2.34. The highest BCUT2D eigenvalue weighted by Gasteiger charge is 2.04. The number of aliphatic hydroxyl groups is 1. The van der Waals surface area contributed by atoms with Crippen molar-refractivity contribution in [2.45, 2.75) is 89.6 Å². The van der Waals surface area contributed by atoms with Crippen molar-refractivity contribution in [3.8, 4) is 0 Å². The van der Waals surface area contributed by atoms with Crippen LogP contribution < -0.4 is 0 Å². The molecular formula is C16H30O5. The Balaban J connectivity index is 3.21. The van der Waals surface area contributed by atoms with Gasteiger partial charge in [-0.3, -0.25) is 9.59 Å². The zero-order valence-electron chi connectivity index (χ0n) is 12.9. The van der Waals surface area contributed by atoms with Crippen molar-refractivity contribution in [3.63, 3.8) is 0 Å². The van der Waals surface area contributed by atoms with E-state index in [1.165, 1.54) is 0 Å². The minimum absolute atomic E-state index is 0.241. The molecule has 0 heterocycles. The van der Waals surface area contributed by atoms with Crippen LogP contribution in [0.4, 0.5) is 0 Å². The number of hydrogen-bond donors (Lipinski definition) is 3. The third-order valence-electron chi connectivity index (χ3n) is 3.61. The smallest absolute Gasteiger partial charge is 0.303 e. The standard InChI is InChI=1S/C16H30O5/c17-14(11-7-4-5-9-13-16(20)21)10-6-2-1-3-8-12-15(18)19/h14,17H,1-13H2,(H,18,19)(H,20,21). The molecule has 5 heteroatoms. The van der Waals surface area contributed by atoms with Crippen LogP contribution in [0, 0.1) is 0 Å². The van der Waals surface area contributed by atoms with Gasteiger partial charge in [0.25, 0.3) is 0 Å². The summed E-state index contributed by atoms with van der Waals surface area (Å²) in [6.07, 6.45) is 10.2. The lowest BCUT2D eigenvalue weighted by atomic mass is 10.0. The van der Waals surface area contributed by atoms with Crippen molar-refractivity contribution in [3.05, 3.63) is 0 Å². The zero-order chi connectivity index (χ0) is 15.9. The summed E-state index contributed by atoms with van der Waals surface area (Å²) in [7, 11) is 0. The fourth-order valence-electron chi connectivity index (χ4n) is 2.34. The highest BCUT2D eigenvalue weighted by molar-refractivity contribution is 5.66. The van der Waals surface area contributed by atoms with Gasteiger partial charge in [0.15, 0.2) is 0 Å². The average Bonchev–Trinajstić information content (AvgIpc) is 2.41. The van der Waals surface area contributed by atoms with E-state index in [1.807, 2.05) is 0 Å². The molecule has 0 saturated carbocycles. The lowest BCUT2D eigenvalue weighted by molar-refractivity contribution is -0.138. The number of rotatable bonds is 15. The van der Waals surface area contributed by atoms with E-state index in [0.717, 1.165) is 70.6 Å². The van der Waals surface area contributed by atoms with Crippen LogP contribution in [0.1, 0.15) is 83.5 Å². The van der Waals surface area contributed by atoms with Gasteiger partial charge in [-0.15, -0.1) is 0 Å². The maximum atomic E-state index is 10.3. The maximum absolute atomic E-state index is 10.3. The number of carboxylic acid groups (broad SMARTS) is 2. The van der Waals surface area contributed by atoms with Crippen molar-refractivity contribution < 1.29 is 24.9 Å². The highest BCUT2D eigenvalue weighted by Crippen LogP contribution is 2.13. The summed E-state index contributed by atoms with van der Waals surface area (Å²) in [6.45, 7) is 0. The van der Waals surface area contributed by atoms with Crippen LogP contribution in [0.25, 0.3) is 0 Å². The number of carbonyl (C=O) groups is 2. The van der Waals surface area contributed by atoms with Crippen molar-refractivity contribution >= 4 is 11.9 Å². The van der Waals surface area contributed by atoms with E-state index in [4.69, 9.17) is 10.2 Å². The number of carboxylic acids is 2. The normalized spacial score (nSPS) is 12.2. The first-order chi connectivity index (χ1) is 10.0. The fraction of sp³-hybridized carbons (Fsp3) is 0.875. The Hall–Kier alpha value is -1.10. The molecule has 3 N–H and O–H groups in total. The minimum atomic E-state index is -0.738. The average molecular weight is 302 g/mol. The van der Waals surface area contributed by atoms with Crippen LogP contribution in [0.15, 0.2) is 0 Å². The van der Waals surface area contributed by atoms with Crippen LogP contribution in [0.2, 0.25) is 0 Å². The Morgan fingerprint density at radius 2 is 0.952 bits per heavy atom. The summed E-state index contributed by atoms with van der Waals surface area (Å²) >= 11 is 0. The Kier molecular flexibility index (Phi) is 13.1. The zero-order valence-corrected chi connectivity index (χ0v) is 12.9. The SMILES string of the molecule is O=C(O)CCCCCCCC(O)CCCCCCC(=O)O. The van der Waals surface area contributed by atoms with Gasteiger partial charge in [-0.25, -0.2) is 0 Å². The van der Waals surface area contributed by atoms with Gasteiger partial charge in [-0.05, 0) is 25.7 Å². The lowest BCUT2D eigenvalue weighted by Crippen LogP contribution is -2.06. The van der Waals surface area contributed by atoms with Gasteiger partial charge in [-0.1, -0.05) is 44.9 Å². The molecule has 0 bridgehead atoms. The van der Waals surface area contributed by atoms with E-state index >= 15 is 0 Å². The van der Waals surface area contributed by atoms with Gasteiger partial charge >= 0.3 is 11.9 Å². The molecule has 124 valence electrons. The number of aliphatic hydroxyl groups excluding tert-OH is 1. The summed E-state index contributed by atoms with van der Waals surface area (Å²) in [6, 6.07) is 0. The first-order valence-corrected chi connectivity index (χ1v) is 8.14. The van der Waals surface area contributed by atoms with Gasteiger partial charge in [0.1, 0.15) is 0 Å². The third-order valence-corrected chi connectivity index (χ3v) is 3.61. The maximum Gasteiger partial charge on any atom is 0.303 e. The highest BCUT2D eigenvalue weighted by atomic mass is 16.4. The van der Waals surface area contributed by atoms with Gasteiger partial charge in [-0.2, -0.15) is 0 Å². The van der Waals surface area contributed by atoms with Crippen LogP contribution in [-0.4, -0.2) is 33.4 Å². The molecule has 0 aliphatic carbocycles. The summed E-state index contributed by atoms with van der Waals surface area (Å²) in [5, 5.41) is 26.8. The molecule has 0 rings (SSSR count). The Morgan fingerprint density at radius 1 is 0.619 bits per heavy atom. The van der Waals surface area contributed by atoms with Crippen molar-refractivity contribution in [2.24, 2.45) is 0 Å². The molecule has 1 unspecified atom stereocenters. The van der Waals surface area contributed by atoms with Crippen LogP contribution in [0.3, 0.4) is 0 Å². The van der Waals surface area contributed by atoms with Crippen LogP contribution >= 0.6 is 0 Å². The second-order valence-corrected chi connectivity index (χ2v) is 5.70. The molecule has 0 spiro atoms. The Morgan fingerprint density at radius 3 is 1.33 bits per heavy atom. The molecule has 21 heavy (non-hydrogen) atoms. The van der Waals surface area contributed by atoms with E-state index in [2.05, 4.69) is 0 Å². The number of aliphatic carboxylic acids is 2. The Labute approximate surface area is 127 Å². The monoisotopic (exact) mass is 302 g/mol. The van der Waals surface area contributed by atoms with E-state index in [0.29, 0.717) is 0 Å². The van der Waals surface area contributed by atoms with E-state index in [-0.39, 0.29) is 18.9 Å². The van der Waals surface area contributed by atoms with Gasteiger partial charge in [0, 0.05) is 12.8 Å². The molecule has 0 amide bonds. The van der Waals surface area contributed by atoms with Gasteiger partial charge in [0.05, 0.1) is 6.10 Å². The second kappa shape index (κ2) is 13.9. The first-order valence-electron chi connectivity index (χ1n) is 8.14. The largest absolute Gasteiger partial charge is 0.481 e. The van der Waals surface area contributed by atoms with E-state index < -0.39 is 11.9 Å². The van der Waals surface area contributed by atoms with E-state index in [9.17, 15) is 14.7 Å². The summed E-state index contributed by atoms with van der Waals surface area (Å²) in [4.78, 5) is 20.6. The topological polar surface area (TPSA) is 94.8 Å². The first kappa shape index (κ1) is 19.9. The molecule has 0 fully saturated rings. The summed E-state index contributed by atoms with van der Waals surface area (Å²) in [5.74, 6) is -1.47. The molecule has 0 aliphatic heterocycles. The van der Waals surface area contributed by atoms with Crippen LogP contribution in [-0.2, 0) is 9.59 Å². The summed E-state index contributed by atoms with van der Waals surface area (Å²) < 4.78 is 0. The predicted molar refractivity (Wildman–Crippen MR) is 81.3 cm³/mol. The third kappa shape index (κ3) is 16.8. The molecule has 1 atom stereocenters. The molecule has 0 radical (unpaired) electrons. The lowest BCUT2D eigenvalue weighted by Gasteiger charge is -2.10. The Bertz CT molecular complexity index is 278. The molecule has 0 saturated heterocycles. The molecule has 0 aliphatic rings. The number of hydrogen-bond acceptors (Lipinski definition) is 3. The summed E-state index contributed by atoms with van der Waals surface area (Å²) in [5.41, 5.74) is 0. The van der Waals surface area contributed by atoms with E-state index in [1.54, 1.807) is 0 Å². The molecule has 5 nitrogen and oxygen atoms in total. The minimum Gasteiger partial charge on any atom is -0.481 e. The molecule has 0 aromatic rings. The van der Waals surface area contributed by atoms with Crippen LogP contribution in [0.5, 0.6) is 0 Å². The predicted octanol–water partition coefficient (Wildman–Crippen LogP) is 3.59. The van der Waals surface area contributed by atoms with Gasteiger partial charge in [0.2, 0.25) is 0 Å². The second-order valence-electron chi connectivity index (χ2n) is 5.70.